The van der Waals surface area contributed by atoms with Crippen LogP contribution in [0.25, 0.3) is 6.08 Å². The fourth-order valence-electron chi connectivity index (χ4n) is 1.57. The van der Waals surface area contributed by atoms with Crippen LogP contribution in [-0.2, 0) is 4.79 Å². The molecule has 0 saturated carbocycles. The zero-order valence-corrected chi connectivity index (χ0v) is 11.3. The van der Waals surface area contributed by atoms with Gasteiger partial charge >= 0.3 is 5.97 Å². The first kappa shape index (κ1) is 14.6. The monoisotopic (exact) mass is 268 g/mol. The van der Waals surface area contributed by atoms with Gasteiger partial charge in [-0.3, -0.25) is 0 Å². The van der Waals surface area contributed by atoms with Crippen molar-refractivity contribution in [1.29, 1.82) is 0 Å². The first-order valence-electron chi connectivity index (χ1n) is 5.90. The maximum absolute atomic E-state index is 10.4. The molecule has 0 spiro atoms. The summed E-state index contributed by atoms with van der Waals surface area (Å²) in [6, 6.07) is 5.23. The van der Waals surface area contributed by atoms with E-state index in [4.69, 9.17) is 21.4 Å². The van der Waals surface area contributed by atoms with Gasteiger partial charge in [-0.2, -0.15) is 0 Å². The number of hydrogen-bond donors (Lipinski definition) is 1. The SMILES string of the molecule is CCCC(C)Oc1ccc(/C=C/C(=O)O)cc1Cl. The number of carboxylic acids is 1. The summed E-state index contributed by atoms with van der Waals surface area (Å²) < 4.78 is 5.69. The third kappa shape index (κ3) is 4.80. The molecule has 1 rings (SSSR count). The Morgan fingerprint density at radius 1 is 1.56 bits per heavy atom. The van der Waals surface area contributed by atoms with E-state index >= 15 is 0 Å². The molecule has 0 saturated heterocycles. The highest BCUT2D eigenvalue weighted by Gasteiger charge is 2.06. The Morgan fingerprint density at radius 3 is 2.83 bits per heavy atom. The molecular weight excluding hydrogens is 252 g/mol. The quantitative estimate of drug-likeness (QED) is 0.793. The standard InChI is InChI=1S/C14H17ClO3/c1-3-4-10(2)18-13-7-5-11(9-12(13)15)6-8-14(16)17/h5-10H,3-4H2,1-2H3,(H,16,17)/b8-6+. The number of hydrogen-bond acceptors (Lipinski definition) is 2. The molecule has 0 fully saturated rings. The first-order chi connectivity index (χ1) is 8.52. The van der Waals surface area contributed by atoms with Crippen molar-refractivity contribution < 1.29 is 14.6 Å². The lowest BCUT2D eigenvalue weighted by Gasteiger charge is -2.15. The van der Waals surface area contributed by atoms with Crippen LogP contribution >= 0.6 is 11.6 Å². The van der Waals surface area contributed by atoms with Crippen LogP contribution in [0.1, 0.15) is 32.3 Å². The van der Waals surface area contributed by atoms with Crippen LogP contribution in [0.5, 0.6) is 5.75 Å². The highest BCUT2D eigenvalue weighted by molar-refractivity contribution is 6.32. The molecule has 1 aromatic rings. The molecule has 1 aromatic carbocycles. The minimum Gasteiger partial charge on any atom is -0.489 e. The van der Waals surface area contributed by atoms with Gasteiger partial charge in [0.05, 0.1) is 11.1 Å². The van der Waals surface area contributed by atoms with Gasteiger partial charge in [0.15, 0.2) is 0 Å². The van der Waals surface area contributed by atoms with Crippen LogP contribution in [0, 0.1) is 0 Å². The third-order valence-electron chi connectivity index (χ3n) is 2.40. The Morgan fingerprint density at radius 2 is 2.28 bits per heavy atom. The molecule has 0 aliphatic carbocycles. The predicted molar refractivity (Wildman–Crippen MR) is 73.1 cm³/mol. The molecule has 3 nitrogen and oxygen atoms in total. The van der Waals surface area contributed by atoms with Crippen LogP contribution in [-0.4, -0.2) is 17.2 Å². The second-order valence-corrected chi connectivity index (χ2v) is 4.49. The van der Waals surface area contributed by atoms with E-state index in [2.05, 4.69) is 6.92 Å². The van der Waals surface area contributed by atoms with E-state index in [0.29, 0.717) is 10.8 Å². The lowest BCUT2D eigenvalue weighted by molar-refractivity contribution is -0.131. The summed E-state index contributed by atoms with van der Waals surface area (Å²) in [5.41, 5.74) is 0.734. The summed E-state index contributed by atoms with van der Waals surface area (Å²) in [7, 11) is 0. The van der Waals surface area contributed by atoms with Gasteiger partial charge < -0.3 is 9.84 Å². The predicted octanol–water partition coefficient (Wildman–Crippen LogP) is 4.01. The average Bonchev–Trinajstić information content (AvgIpc) is 2.30. The Bertz CT molecular complexity index is 441. The molecule has 0 aliphatic heterocycles. The lowest BCUT2D eigenvalue weighted by atomic mass is 10.2. The zero-order chi connectivity index (χ0) is 13.5. The molecule has 0 aromatic heterocycles. The van der Waals surface area contributed by atoms with Crippen molar-refractivity contribution in [3.8, 4) is 5.75 Å². The van der Waals surface area contributed by atoms with E-state index in [1.165, 1.54) is 6.08 Å². The van der Waals surface area contributed by atoms with E-state index in [9.17, 15) is 4.79 Å². The van der Waals surface area contributed by atoms with Crippen LogP contribution in [0.15, 0.2) is 24.3 Å². The van der Waals surface area contributed by atoms with E-state index in [1.807, 2.05) is 6.92 Å². The van der Waals surface area contributed by atoms with Crippen LogP contribution in [0.4, 0.5) is 0 Å². The van der Waals surface area contributed by atoms with Crippen LogP contribution in [0.3, 0.4) is 0 Å². The minimum absolute atomic E-state index is 0.118. The topological polar surface area (TPSA) is 46.5 Å². The molecule has 0 radical (unpaired) electrons. The summed E-state index contributed by atoms with van der Waals surface area (Å²) in [5.74, 6) is -0.354. The van der Waals surface area contributed by atoms with Gasteiger partial charge in [0.25, 0.3) is 0 Å². The molecule has 1 N–H and O–H groups in total. The molecule has 4 heteroatoms. The summed E-state index contributed by atoms with van der Waals surface area (Å²) in [4.78, 5) is 10.4. The Hall–Kier alpha value is -1.48. The summed E-state index contributed by atoms with van der Waals surface area (Å²) in [6.07, 6.45) is 4.71. The number of ether oxygens (including phenoxy) is 1. The van der Waals surface area contributed by atoms with Crippen molar-refractivity contribution in [3.63, 3.8) is 0 Å². The minimum atomic E-state index is -0.983. The Labute approximate surface area is 112 Å². The highest BCUT2D eigenvalue weighted by atomic mass is 35.5. The van der Waals surface area contributed by atoms with Crippen LogP contribution < -0.4 is 4.74 Å². The number of rotatable bonds is 6. The largest absolute Gasteiger partial charge is 0.489 e. The second kappa shape index (κ2) is 7.07. The number of carboxylic acid groups (broad SMARTS) is 1. The molecule has 0 heterocycles. The lowest BCUT2D eigenvalue weighted by Crippen LogP contribution is -2.11. The van der Waals surface area contributed by atoms with Crippen molar-refractivity contribution in [3.05, 3.63) is 34.9 Å². The second-order valence-electron chi connectivity index (χ2n) is 4.08. The number of benzene rings is 1. The number of carbonyl (C=O) groups is 1. The molecule has 18 heavy (non-hydrogen) atoms. The molecule has 0 aliphatic rings. The van der Waals surface area contributed by atoms with Crippen LogP contribution in [0.2, 0.25) is 5.02 Å². The summed E-state index contributed by atoms with van der Waals surface area (Å²) in [6.45, 7) is 4.10. The molecule has 0 bridgehead atoms. The number of aliphatic carboxylic acids is 1. The van der Waals surface area contributed by atoms with Crippen molar-refractivity contribution in [2.75, 3.05) is 0 Å². The Kier molecular flexibility index (Phi) is 5.72. The van der Waals surface area contributed by atoms with Gasteiger partial charge in [-0.25, -0.2) is 4.79 Å². The maximum atomic E-state index is 10.4. The van der Waals surface area contributed by atoms with Crippen molar-refractivity contribution in [2.45, 2.75) is 32.8 Å². The van der Waals surface area contributed by atoms with E-state index in [1.54, 1.807) is 18.2 Å². The molecule has 0 amide bonds. The maximum Gasteiger partial charge on any atom is 0.328 e. The molecule has 1 unspecified atom stereocenters. The van der Waals surface area contributed by atoms with E-state index in [-0.39, 0.29) is 6.10 Å². The molecular formula is C14H17ClO3. The van der Waals surface area contributed by atoms with Crippen molar-refractivity contribution in [1.82, 2.24) is 0 Å². The van der Waals surface area contributed by atoms with E-state index in [0.717, 1.165) is 24.5 Å². The third-order valence-corrected chi connectivity index (χ3v) is 2.69. The number of halogens is 1. The van der Waals surface area contributed by atoms with Crippen molar-refractivity contribution in [2.24, 2.45) is 0 Å². The molecule has 98 valence electrons. The van der Waals surface area contributed by atoms with Gasteiger partial charge in [0, 0.05) is 6.08 Å². The Balaban J connectivity index is 2.76. The van der Waals surface area contributed by atoms with Gasteiger partial charge in [0.2, 0.25) is 0 Å². The zero-order valence-electron chi connectivity index (χ0n) is 10.5. The smallest absolute Gasteiger partial charge is 0.328 e. The fourth-order valence-corrected chi connectivity index (χ4v) is 1.80. The van der Waals surface area contributed by atoms with E-state index < -0.39 is 5.97 Å². The summed E-state index contributed by atoms with van der Waals surface area (Å²) in [5, 5.41) is 9.02. The van der Waals surface area contributed by atoms with Gasteiger partial charge in [-0.05, 0) is 37.1 Å². The average molecular weight is 269 g/mol. The first-order valence-corrected chi connectivity index (χ1v) is 6.28. The normalized spacial score (nSPS) is 12.6. The molecule has 1 atom stereocenters. The fraction of sp³-hybridized carbons (Fsp3) is 0.357. The van der Waals surface area contributed by atoms with Gasteiger partial charge in [0.1, 0.15) is 5.75 Å². The summed E-state index contributed by atoms with van der Waals surface area (Å²) >= 11 is 6.08. The van der Waals surface area contributed by atoms with Crippen molar-refractivity contribution >= 4 is 23.6 Å². The van der Waals surface area contributed by atoms with Gasteiger partial charge in [-0.1, -0.05) is 31.0 Å². The van der Waals surface area contributed by atoms with Gasteiger partial charge in [-0.15, -0.1) is 0 Å². The highest BCUT2D eigenvalue weighted by Crippen LogP contribution is 2.27.